The van der Waals surface area contributed by atoms with E-state index in [1.807, 2.05) is 16.8 Å². The molecule has 122 valence electrons. The molecule has 0 atom stereocenters. The van der Waals surface area contributed by atoms with Crippen LogP contribution in [0.15, 0.2) is 4.99 Å². The van der Waals surface area contributed by atoms with Gasteiger partial charge in [-0.2, -0.15) is 0 Å². The van der Waals surface area contributed by atoms with Crippen LogP contribution in [0.3, 0.4) is 0 Å². The molecule has 2 N–H and O–H groups in total. The van der Waals surface area contributed by atoms with Gasteiger partial charge in [-0.25, -0.2) is 4.99 Å². The number of halogens is 1. The number of carbonyl (C=O) groups excluding carboxylic acids is 1. The fraction of sp³-hybridized carbons (Fsp3) is 0.857. The average Bonchev–Trinajstić information content (AvgIpc) is 2.53. The van der Waals surface area contributed by atoms with Crippen LogP contribution in [0.2, 0.25) is 0 Å². The fourth-order valence-electron chi connectivity index (χ4n) is 2.82. The number of likely N-dealkylation sites (N-methyl/N-ethyl adjacent to an activating group) is 1. The monoisotopic (exact) mass is 410 g/mol. The standard InChI is InChI=1S/C14H26N4O2.HI/c1-17(12-5-3-2-4-6-12)13(19)11-16-14(15)18-7-9-20-10-8-18;/h12H,2-11H2,1H3,(H2,15,16);1H. The molecule has 7 heteroatoms. The lowest BCUT2D eigenvalue weighted by atomic mass is 9.94. The molecule has 1 heterocycles. The molecule has 0 unspecified atom stereocenters. The van der Waals surface area contributed by atoms with Crippen molar-refractivity contribution in [1.82, 2.24) is 9.80 Å². The van der Waals surface area contributed by atoms with Crippen molar-refractivity contribution in [2.24, 2.45) is 10.7 Å². The van der Waals surface area contributed by atoms with E-state index < -0.39 is 0 Å². The summed E-state index contributed by atoms with van der Waals surface area (Å²) in [7, 11) is 1.89. The van der Waals surface area contributed by atoms with E-state index in [1.54, 1.807) is 0 Å². The van der Waals surface area contributed by atoms with Gasteiger partial charge in [-0.05, 0) is 12.8 Å². The topological polar surface area (TPSA) is 71.2 Å². The van der Waals surface area contributed by atoms with Crippen molar-refractivity contribution in [2.75, 3.05) is 39.9 Å². The van der Waals surface area contributed by atoms with Crippen LogP contribution in [0.4, 0.5) is 0 Å². The number of guanidine groups is 1. The predicted molar refractivity (Wildman–Crippen MR) is 93.9 cm³/mol. The molecule has 0 aromatic rings. The van der Waals surface area contributed by atoms with E-state index in [1.165, 1.54) is 19.3 Å². The second kappa shape index (κ2) is 9.45. The second-order valence-electron chi connectivity index (χ2n) is 5.57. The third-order valence-corrected chi connectivity index (χ3v) is 4.23. The van der Waals surface area contributed by atoms with E-state index in [4.69, 9.17) is 10.5 Å². The Morgan fingerprint density at radius 3 is 2.52 bits per heavy atom. The first-order valence-corrected chi connectivity index (χ1v) is 7.57. The molecule has 2 aliphatic rings. The number of carbonyl (C=O) groups is 1. The zero-order chi connectivity index (χ0) is 14.4. The molecule has 2 fully saturated rings. The van der Waals surface area contributed by atoms with Crippen LogP contribution >= 0.6 is 24.0 Å². The van der Waals surface area contributed by atoms with Crippen LogP contribution in [-0.2, 0) is 9.53 Å². The van der Waals surface area contributed by atoms with Crippen LogP contribution < -0.4 is 5.73 Å². The summed E-state index contributed by atoms with van der Waals surface area (Å²) in [6.45, 7) is 3.00. The maximum atomic E-state index is 12.1. The number of hydrogen-bond donors (Lipinski definition) is 1. The normalized spacial score (nSPS) is 20.8. The molecular weight excluding hydrogens is 383 g/mol. The van der Waals surface area contributed by atoms with Crippen LogP contribution in [0.5, 0.6) is 0 Å². The molecule has 1 saturated carbocycles. The quantitative estimate of drug-likeness (QED) is 0.429. The maximum absolute atomic E-state index is 12.1. The molecule has 1 aliphatic carbocycles. The number of aliphatic imine (C=N–C) groups is 1. The number of rotatable bonds is 3. The van der Waals surface area contributed by atoms with Gasteiger partial charge in [0.25, 0.3) is 0 Å². The number of hydrogen-bond acceptors (Lipinski definition) is 3. The first-order chi connectivity index (χ1) is 9.68. The molecule has 0 aromatic heterocycles. The van der Waals surface area contributed by atoms with Crippen molar-refractivity contribution in [3.8, 4) is 0 Å². The Hall–Kier alpha value is -0.570. The van der Waals surface area contributed by atoms with Crippen LogP contribution in [0.1, 0.15) is 32.1 Å². The molecule has 0 radical (unpaired) electrons. The van der Waals surface area contributed by atoms with Gasteiger partial charge in [0.05, 0.1) is 13.2 Å². The van der Waals surface area contributed by atoms with E-state index in [0.29, 0.717) is 25.2 Å². The highest BCUT2D eigenvalue weighted by molar-refractivity contribution is 14.0. The Morgan fingerprint density at radius 2 is 1.90 bits per heavy atom. The van der Waals surface area contributed by atoms with Gasteiger partial charge < -0.3 is 20.3 Å². The predicted octanol–water partition coefficient (Wildman–Crippen LogP) is 1.04. The lowest BCUT2D eigenvalue weighted by Crippen LogP contribution is -2.45. The highest BCUT2D eigenvalue weighted by atomic mass is 127. The summed E-state index contributed by atoms with van der Waals surface area (Å²) < 4.78 is 5.27. The SMILES string of the molecule is CN(C(=O)CN=C(N)N1CCOCC1)C1CCCCC1.I. The van der Waals surface area contributed by atoms with Gasteiger partial charge in [-0.1, -0.05) is 19.3 Å². The lowest BCUT2D eigenvalue weighted by Gasteiger charge is -2.31. The summed E-state index contributed by atoms with van der Waals surface area (Å²) >= 11 is 0. The van der Waals surface area contributed by atoms with E-state index in [-0.39, 0.29) is 36.4 Å². The zero-order valence-electron chi connectivity index (χ0n) is 12.8. The highest BCUT2D eigenvalue weighted by Gasteiger charge is 2.22. The molecule has 6 nitrogen and oxygen atoms in total. The first-order valence-electron chi connectivity index (χ1n) is 7.57. The van der Waals surface area contributed by atoms with E-state index in [9.17, 15) is 4.79 Å². The second-order valence-corrected chi connectivity index (χ2v) is 5.57. The summed E-state index contributed by atoms with van der Waals surface area (Å²) in [5, 5.41) is 0. The van der Waals surface area contributed by atoms with Gasteiger partial charge in [0, 0.05) is 26.2 Å². The van der Waals surface area contributed by atoms with Crippen LogP contribution in [0, 0.1) is 0 Å². The summed E-state index contributed by atoms with van der Waals surface area (Å²) in [5.41, 5.74) is 5.92. The van der Waals surface area contributed by atoms with Gasteiger partial charge in [0.2, 0.25) is 5.91 Å². The lowest BCUT2D eigenvalue weighted by molar-refractivity contribution is -0.130. The van der Waals surface area contributed by atoms with Gasteiger partial charge in [0.15, 0.2) is 5.96 Å². The third-order valence-electron chi connectivity index (χ3n) is 4.23. The Morgan fingerprint density at radius 1 is 1.29 bits per heavy atom. The molecule has 0 bridgehead atoms. The molecule has 1 aliphatic heterocycles. The van der Waals surface area contributed by atoms with Gasteiger partial charge >= 0.3 is 0 Å². The van der Waals surface area contributed by atoms with Crippen LogP contribution in [0.25, 0.3) is 0 Å². The Kier molecular flexibility index (Phi) is 8.31. The van der Waals surface area contributed by atoms with Gasteiger partial charge in [-0.3, -0.25) is 4.79 Å². The summed E-state index contributed by atoms with van der Waals surface area (Å²) in [6.07, 6.45) is 5.97. The summed E-state index contributed by atoms with van der Waals surface area (Å²) in [4.78, 5) is 20.2. The molecule has 2 rings (SSSR count). The summed E-state index contributed by atoms with van der Waals surface area (Å²) in [6, 6.07) is 0.385. The summed E-state index contributed by atoms with van der Waals surface area (Å²) in [5.74, 6) is 0.520. The fourth-order valence-corrected chi connectivity index (χ4v) is 2.82. The van der Waals surface area contributed by atoms with Crippen molar-refractivity contribution in [1.29, 1.82) is 0 Å². The minimum absolute atomic E-state index is 0. The van der Waals surface area contributed by atoms with Crippen molar-refractivity contribution >= 4 is 35.8 Å². The van der Waals surface area contributed by atoms with Crippen LogP contribution in [-0.4, -0.2) is 67.6 Å². The number of ether oxygens (including phenoxy) is 1. The van der Waals surface area contributed by atoms with Crippen molar-refractivity contribution in [3.05, 3.63) is 0 Å². The third kappa shape index (κ3) is 5.61. The minimum atomic E-state index is 0. The number of nitrogens with zero attached hydrogens (tertiary/aromatic N) is 3. The first kappa shape index (κ1) is 18.5. The zero-order valence-corrected chi connectivity index (χ0v) is 15.1. The Labute approximate surface area is 144 Å². The molecule has 0 aromatic carbocycles. The highest BCUT2D eigenvalue weighted by Crippen LogP contribution is 2.21. The van der Waals surface area contributed by atoms with Crippen molar-refractivity contribution in [3.63, 3.8) is 0 Å². The smallest absolute Gasteiger partial charge is 0.244 e. The molecule has 1 amide bonds. The Bertz CT molecular complexity index is 353. The number of amides is 1. The number of morpholine rings is 1. The molecule has 1 saturated heterocycles. The largest absolute Gasteiger partial charge is 0.378 e. The Balaban J connectivity index is 0.00000220. The van der Waals surface area contributed by atoms with E-state index in [2.05, 4.69) is 4.99 Å². The number of nitrogens with two attached hydrogens (primary N) is 1. The van der Waals surface area contributed by atoms with E-state index in [0.717, 1.165) is 25.9 Å². The molecule has 0 spiro atoms. The molecule has 21 heavy (non-hydrogen) atoms. The molecular formula is C14H27IN4O2. The van der Waals surface area contributed by atoms with Crippen molar-refractivity contribution in [2.45, 2.75) is 38.1 Å². The van der Waals surface area contributed by atoms with Gasteiger partial charge in [-0.15, -0.1) is 24.0 Å². The maximum Gasteiger partial charge on any atom is 0.244 e. The van der Waals surface area contributed by atoms with Gasteiger partial charge in [0.1, 0.15) is 6.54 Å². The van der Waals surface area contributed by atoms with E-state index >= 15 is 0 Å². The minimum Gasteiger partial charge on any atom is -0.378 e. The van der Waals surface area contributed by atoms with Crippen molar-refractivity contribution < 1.29 is 9.53 Å². The average molecular weight is 410 g/mol.